The third kappa shape index (κ3) is 4.79. The van der Waals surface area contributed by atoms with Crippen LogP contribution in [0.2, 0.25) is 0 Å². The van der Waals surface area contributed by atoms with Crippen LogP contribution in [0.4, 0.5) is 0 Å². The highest BCUT2D eigenvalue weighted by atomic mass is 15.3. The van der Waals surface area contributed by atoms with Crippen LogP contribution in [0.15, 0.2) is 12.4 Å². The molecule has 0 amide bonds. The third-order valence-electron chi connectivity index (χ3n) is 2.71. The molecule has 0 spiro atoms. The molecule has 0 aromatic carbocycles. The Labute approximate surface area is 99.2 Å². The maximum absolute atomic E-state index is 4.38. The van der Waals surface area contributed by atoms with Gasteiger partial charge in [-0.1, -0.05) is 20.3 Å². The molecule has 0 saturated heterocycles. The van der Waals surface area contributed by atoms with Gasteiger partial charge in [0.15, 0.2) is 0 Å². The van der Waals surface area contributed by atoms with Crippen LogP contribution in [0.3, 0.4) is 0 Å². The molecule has 1 rings (SSSR count). The van der Waals surface area contributed by atoms with Crippen molar-refractivity contribution in [2.45, 2.75) is 59.7 Å². The summed E-state index contributed by atoms with van der Waals surface area (Å²) in [5.41, 5.74) is 1.43. The Kier molecular flexibility index (Phi) is 4.54. The van der Waals surface area contributed by atoms with Crippen molar-refractivity contribution in [2.24, 2.45) is 5.92 Å². The second-order valence-corrected chi connectivity index (χ2v) is 5.69. The molecule has 92 valence electrons. The Balaban J connectivity index is 2.45. The van der Waals surface area contributed by atoms with E-state index in [2.05, 4.69) is 51.2 Å². The molecule has 0 aliphatic carbocycles. The summed E-state index contributed by atoms with van der Waals surface area (Å²) < 4.78 is 2.05. The average Bonchev–Trinajstić information content (AvgIpc) is 2.61. The molecule has 3 nitrogen and oxygen atoms in total. The van der Waals surface area contributed by atoms with E-state index in [4.69, 9.17) is 0 Å². The summed E-state index contributed by atoms with van der Waals surface area (Å²) in [6.45, 7) is 12.9. The van der Waals surface area contributed by atoms with E-state index in [-0.39, 0.29) is 5.54 Å². The minimum atomic E-state index is 0.165. The van der Waals surface area contributed by atoms with Crippen molar-refractivity contribution in [1.82, 2.24) is 15.1 Å². The summed E-state index contributed by atoms with van der Waals surface area (Å²) in [5, 5.41) is 7.85. The summed E-state index contributed by atoms with van der Waals surface area (Å²) in [6, 6.07) is 0. The first kappa shape index (κ1) is 13.2. The molecule has 0 aliphatic heterocycles. The predicted octanol–water partition coefficient (Wildman–Crippen LogP) is 2.82. The van der Waals surface area contributed by atoms with Crippen molar-refractivity contribution in [3.63, 3.8) is 0 Å². The van der Waals surface area contributed by atoms with Crippen LogP contribution < -0.4 is 5.32 Å². The lowest BCUT2D eigenvalue weighted by Gasteiger charge is -2.19. The van der Waals surface area contributed by atoms with Crippen LogP contribution in [0, 0.1) is 5.92 Å². The van der Waals surface area contributed by atoms with E-state index in [1.165, 1.54) is 12.0 Å². The first-order valence-electron chi connectivity index (χ1n) is 6.17. The minimum Gasteiger partial charge on any atom is -0.308 e. The van der Waals surface area contributed by atoms with E-state index in [0.29, 0.717) is 5.92 Å². The fourth-order valence-electron chi connectivity index (χ4n) is 1.41. The van der Waals surface area contributed by atoms with Gasteiger partial charge in [0.2, 0.25) is 0 Å². The molecule has 0 aliphatic rings. The molecule has 0 radical (unpaired) electrons. The summed E-state index contributed by atoms with van der Waals surface area (Å²) in [6.07, 6.45) is 5.31. The number of aromatic nitrogens is 2. The Hall–Kier alpha value is -0.830. The topological polar surface area (TPSA) is 29.9 Å². The molecular formula is C13H25N3. The van der Waals surface area contributed by atoms with Gasteiger partial charge in [0.05, 0.1) is 6.20 Å². The number of rotatable bonds is 5. The van der Waals surface area contributed by atoms with E-state index in [0.717, 1.165) is 13.1 Å². The van der Waals surface area contributed by atoms with Gasteiger partial charge in [-0.3, -0.25) is 4.68 Å². The number of nitrogens with zero attached hydrogens (tertiary/aromatic N) is 2. The second-order valence-electron chi connectivity index (χ2n) is 5.69. The van der Waals surface area contributed by atoms with E-state index in [1.54, 1.807) is 0 Å². The van der Waals surface area contributed by atoms with Gasteiger partial charge >= 0.3 is 0 Å². The van der Waals surface area contributed by atoms with Gasteiger partial charge in [0, 0.05) is 30.4 Å². The van der Waals surface area contributed by atoms with Crippen molar-refractivity contribution in [2.75, 3.05) is 0 Å². The van der Waals surface area contributed by atoms with E-state index < -0.39 is 0 Å². The van der Waals surface area contributed by atoms with Crippen molar-refractivity contribution in [3.05, 3.63) is 18.0 Å². The van der Waals surface area contributed by atoms with Gasteiger partial charge in [-0.05, 0) is 26.7 Å². The van der Waals surface area contributed by atoms with Crippen molar-refractivity contribution in [1.29, 1.82) is 0 Å². The van der Waals surface area contributed by atoms with Crippen LogP contribution >= 0.6 is 0 Å². The monoisotopic (exact) mass is 223 g/mol. The fraction of sp³-hybridized carbons (Fsp3) is 0.769. The molecule has 0 fully saturated rings. The van der Waals surface area contributed by atoms with Gasteiger partial charge in [0.1, 0.15) is 0 Å². The third-order valence-corrected chi connectivity index (χ3v) is 2.71. The molecule has 1 aromatic heterocycles. The molecule has 1 atom stereocenters. The van der Waals surface area contributed by atoms with E-state index >= 15 is 0 Å². The second kappa shape index (κ2) is 5.48. The molecule has 0 saturated carbocycles. The molecule has 1 aromatic rings. The number of hydrogen-bond acceptors (Lipinski definition) is 2. The highest BCUT2D eigenvalue weighted by Crippen LogP contribution is 2.07. The maximum atomic E-state index is 4.38. The lowest BCUT2D eigenvalue weighted by atomic mass is 10.1. The zero-order valence-corrected chi connectivity index (χ0v) is 11.2. The largest absolute Gasteiger partial charge is 0.308 e. The Bertz CT molecular complexity index is 309. The molecule has 16 heavy (non-hydrogen) atoms. The first-order chi connectivity index (χ1) is 7.40. The summed E-state index contributed by atoms with van der Waals surface area (Å²) in [4.78, 5) is 0. The van der Waals surface area contributed by atoms with Crippen molar-refractivity contribution >= 4 is 0 Å². The molecule has 1 N–H and O–H groups in total. The van der Waals surface area contributed by atoms with Gasteiger partial charge in [-0.15, -0.1) is 0 Å². The standard InChI is InChI=1S/C13H25N3/c1-6-11(2)9-16-10-12(8-15-16)7-14-13(3,4)5/h8,10-11,14H,6-7,9H2,1-5H3. The van der Waals surface area contributed by atoms with Gasteiger partial charge < -0.3 is 5.32 Å². The van der Waals surface area contributed by atoms with Crippen molar-refractivity contribution in [3.8, 4) is 0 Å². The Morgan fingerprint density at radius 2 is 2.12 bits per heavy atom. The number of hydrogen-bond donors (Lipinski definition) is 1. The van der Waals surface area contributed by atoms with Crippen molar-refractivity contribution < 1.29 is 0 Å². The molecule has 1 heterocycles. The lowest BCUT2D eigenvalue weighted by molar-refractivity contribution is 0.422. The molecular weight excluding hydrogens is 198 g/mol. The van der Waals surface area contributed by atoms with Crippen LogP contribution in [0.25, 0.3) is 0 Å². The van der Waals surface area contributed by atoms with Crippen LogP contribution in [-0.4, -0.2) is 15.3 Å². The van der Waals surface area contributed by atoms with Gasteiger partial charge in [-0.25, -0.2) is 0 Å². The normalized spacial score (nSPS) is 14.1. The van der Waals surface area contributed by atoms with E-state index in [1.807, 2.05) is 10.9 Å². The first-order valence-corrected chi connectivity index (χ1v) is 6.17. The van der Waals surface area contributed by atoms with Gasteiger partial charge in [0.25, 0.3) is 0 Å². The lowest BCUT2D eigenvalue weighted by Crippen LogP contribution is -2.34. The van der Waals surface area contributed by atoms with Gasteiger partial charge in [-0.2, -0.15) is 5.10 Å². The van der Waals surface area contributed by atoms with Crippen LogP contribution in [-0.2, 0) is 13.1 Å². The predicted molar refractivity (Wildman–Crippen MR) is 68.3 cm³/mol. The quantitative estimate of drug-likeness (QED) is 0.832. The average molecular weight is 223 g/mol. The van der Waals surface area contributed by atoms with Crippen LogP contribution in [0.1, 0.15) is 46.6 Å². The van der Waals surface area contributed by atoms with Crippen LogP contribution in [0.5, 0.6) is 0 Å². The summed E-state index contributed by atoms with van der Waals surface area (Å²) in [5.74, 6) is 0.698. The fourth-order valence-corrected chi connectivity index (χ4v) is 1.41. The summed E-state index contributed by atoms with van der Waals surface area (Å²) >= 11 is 0. The minimum absolute atomic E-state index is 0.165. The number of nitrogens with one attached hydrogen (secondary N) is 1. The Morgan fingerprint density at radius 1 is 1.44 bits per heavy atom. The van der Waals surface area contributed by atoms with E-state index in [9.17, 15) is 0 Å². The SMILES string of the molecule is CCC(C)Cn1cc(CNC(C)(C)C)cn1. The zero-order valence-electron chi connectivity index (χ0n) is 11.2. The Morgan fingerprint density at radius 3 is 2.69 bits per heavy atom. The zero-order chi connectivity index (χ0) is 12.2. The molecule has 0 bridgehead atoms. The maximum Gasteiger partial charge on any atom is 0.0534 e. The highest BCUT2D eigenvalue weighted by molar-refractivity contribution is 5.04. The highest BCUT2D eigenvalue weighted by Gasteiger charge is 2.09. The molecule has 3 heteroatoms. The molecule has 1 unspecified atom stereocenters. The smallest absolute Gasteiger partial charge is 0.0534 e. The summed E-state index contributed by atoms with van der Waals surface area (Å²) in [7, 11) is 0.